The van der Waals surface area contributed by atoms with Gasteiger partial charge in [0.25, 0.3) is 12.3 Å². The highest BCUT2D eigenvalue weighted by atomic mass is 35.5. The maximum Gasteiger partial charge on any atom is 0.275 e. The Morgan fingerprint density at radius 1 is 1.10 bits per heavy atom. The van der Waals surface area contributed by atoms with Gasteiger partial charge in [-0.1, -0.05) is 17.7 Å². The van der Waals surface area contributed by atoms with Crippen molar-refractivity contribution in [2.75, 3.05) is 36.9 Å². The van der Waals surface area contributed by atoms with E-state index in [-0.39, 0.29) is 34.9 Å². The fourth-order valence-electron chi connectivity index (χ4n) is 4.21. The van der Waals surface area contributed by atoms with Gasteiger partial charge in [0, 0.05) is 55.4 Å². The van der Waals surface area contributed by atoms with E-state index < -0.39 is 29.3 Å². The summed E-state index contributed by atoms with van der Waals surface area (Å²) in [4.78, 5) is 45.1. The topological polar surface area (TPSA) is 122 Å². The van der Waals surface area contributed by atoms with E-state index in [0.717, 1.165) is 30.1 Å². The number of halogens is 4. The standard InChI is InChI=1S/C26H23ClF3N9O2/c1-14(15-7-32-26(33-8-15)38-6-5-37(2)21(40)13-38)39-12-16(9-34-39)35-25(41)20-11-31-10-19(36-20)22-17(24(29)30)3-4-18(27)23(22)28/h3-4,7-12,14,24H,5-6,13H2,1-2H3,(H,35,41). The van der Waals surface area contributed by atoms with Crippen molar-refractivity contribution in [2.24, 2.45) is 0 Å². The van der Waals surface area contributed by atoms with Crippen LogP contribution >= 0.6 is 11.6 Å². The van der Waals surface area contributed by atoms with Crippen LogP contribution in [0.15, 0.2) is 49.3 Å². The largest absolute Gasteiger partial charge is 0.342 e. The number of alkyl halides is 2. The summed E-state index contributed by atoms with van der Waals surface area (Å²) in [6.45, 7) is 3.30. The molecule has 0 aliphatic carbocycles. The lowest BCUT2D eigenvalue weighted by Crippen LogP contribution is -2.49. The zero-order valence-corrected chi connectivity index (χ0v) is 22.6. The molecule has 1 aromatic carbocycles. The third-order valence-corrected chi connectivity index (χ3v) is 6.91. The number of anilines is 2. The molecule has 1 aliphatic rings. The Balaban J connectivity index is 1.29. The molecule has 0 saturated carbocycles. The number of hydrogen-bond acceptors (Lipinski definition) is 8. The molecule has 4 aromatic rings. The average molecular weight is 586 g/mol. The number of aromatic nitrogens is 6. The van der Waals surface area contributed by atoms with Gasteiger partial charge in [-0.2, -0.15) is 5.10 Å². The first-order valence-electron chi connectivity index (χ1n) is 12.4. The van der Waals surface area contributed by atoms with Crippen molar-refractivity contribution in [3.63, 3.8) is 0 Å². The molecule has 1 aliphatic heterocycles. The molecule has 212 valence electrons. The van der Waals surface area contributed by atoms with Crippen LogP contribution in [0.2, 0.25) is 5.02 Å². The van der Waals surface area contributed by atoms with Gasteiger partial charge in [0.1, 0.15) is 5.69 Å². The molecule has 41 heavy (non-hydrogen) atoms. The number of nitrogens with one attached hydrogen (secondary N) is 1. The summed E-state index contributed by atoms with van der Waals surface area (Å²) in [6, 6.07) is 1.73. The van der Waals surface area contributed by atoms with Gasteiger partial charge in [0.15, 0.2) is 5.82 Å². The lowest BCUT2D eigenvalue weighted by molar-refractivity contribution is -0.129. The molecule has 1 N–H and O–H groups in total. The smallest absolute Gasteiger partial charge is 0.275 e. The van der Waals surface area contributed by atoms with Crippen molar-refractivity contribution in [2.45, 2.75) is 19.4 Å². The average Bonchev–Trinajstić information content (AvgIpc) is 3.44. The first-order valence-corrected chi connectivity index (χ1v) is 12.7. The van der Waals surface area contributed by atoms with E-state index >= 15 is 0 Å². The molecule has 1 atom stereocenters. The van der Waals surface area contributed by atoms with E-state index in [0.29, 0.717) is 24.7 Å². The van der Waals surface area contributed by atoms with Crippen LogP contribution < -0.4 is 10.2 Å². The molecule has 0 bridgehead atoms. The Morgan fingerprint density at radius 2 is 1.85 bits per heavy atom. The van der Waals surface area contributed by atoms with Crippen molar-refractivity contribution < 1.29 is 22.8 Å². The second-order valence-electron chi connectivity index (χ2n) is 9.31. The van der Waals surface area contributed by atoms with E-state index in [1.165, 1.54) is 6.20 Å². The Morgan fingerprint density at radius 3 is 2.56 bits per heavy atom. The quantitative estimate of drug-likeness (QED) is 0.345. The first kappa shape index (κ1) is 28.0. The SMILES string of the molecule is CC(c1cnc(N2CCN(C)C(=O)C2)nc1)n1cc(NC(=O)c2cncc(-c3c(C(F)F)ccc(Cl)c3F)n2)cn1. The summed E-state index contributed by atoms with van der Waals surface area (Å²) < 4.78 is 43.3. The van der Waals surface area contributed by atoms with Gasteiger partial charge < -0.3 is 15.1 Å². The van der Waals surface area contributed by atoms with Gasteiger partial charge >= 0.3 is 0 Å². The number of benzene rings is 1. The van der Waals surface area contributed by atoms with Crippen LogP contribution in [-0.2, 0) is 4.79 Å². The van der Waals surface area contributed by atoms with Gasteiger partial charge in [-0.25, -0.2) is 28.1 Å². The Hall–Kier alpha value is -4.59. The lowest BCUT2D eigenvalue weighted by Gasteiger charge is -2.31. The second-order valence-corrected chi connectivity index (χ2v) is 9.72. The summed E-state index contributed by atoms with van der Waals surface area (Å²) in [5.74, 6) is -1.34. The molecule has 2 amide bonds. The van der Waals surface area contributed by atoms with Crippen LogP contribution in [0.25, 0.3) is 11.3 Å². The van der Waals surface area contributed by atoms with Crippen molar-refractivity contribution in [3.8, 4) is 11.3 Å². The fraction of sp³-hybridized carbons (Fsp3) is 0.269. The number of hydrogen-bond donors (Lipinski definition) is 1. The Bertz CT molecular complexity index is 1600. The molecule has 1 fully saturated rings. The highest BCUT2D eigenvalue weighted by molar-refractivity contribution is 6.31. The number of carbonyl (C=O) groups excluding carboxylic acids is 2. The maximum atomic E-state index is 14.7. The minimum Gasteiger partial charge on any atom is -0.342 e. The lowest BCUT2D eigenvalue weighted by atomic mass is 10.0. The molecule has 15 heteroatoms. The predicted octanol–water partition coefficient (Wildman–Crippen LogP) is 4.00. The first-order chi connectivity index (χ1) is 19.6. The number of carbonyl (C=O) groups is 2. The van der Waals surface area contributed by atoms with E-state index in [1.54, 1.807) is 35.2 Å². The van der Waals surface area contributed by atoms with Gasteiger partial charge in [-0.05, 0) is 13.0 Å². The number of rotatable bonds is 7. The Kier molecular flexibility index (Phi) is 7.83. The van der Waals surface area contributed by atoms with Crippen LogP contribution in [0, 0.1) is 5.82 Å². The van der Waals surface area contributed by atoms with Gasteiger partial charge in [-0.3, -0.25) is 19.3 Å². The van der Waals surface area contributed by atoms with Crippen LogP contribution in [0.1, 0.15) is 41.0 Å². The highest BCUT2D eigenvalue weighted by Crippen LogP contribution is 2.35. The van der Waals surface area contributed by atoms with Crippen molar-refractivity contribution in [3.05, 3.63) is 77.0 Å². The monoisotopic (exact) mass is 585 g/mol. The van der Waals surface area contributed by atoms with Crippen molar-refractivity contribution in [1.29, 1.82) is 0 Å². The van der Waals surface area contributed by atoms with Crippen LogP contribution in [0.4, 0.5) is 24.8 Å². The molecule has 11 nitrogen and oxygen atoms in total. The summed E-state index contributed by atoms with van der Waals surface area (Å²) in [7, 11) is 1.75. The fourth-order valence-corrected chi connectivity index (χ4v) is 4.36. The van der Waals surface area contributed by atoms with Gasteiger partial charge in [0.2, 0.25) is 11.9 Å². The number of likely N-dealkylation sites (N-methyl/N-ethyl adjacent to an activating group) is 1. The number of amides is 2. The van der Waals surface area contributed by atoms with Crippen LogP contribution in [0.5, 0.6) is 0 Å². The summed E-state index contributed by atoms with van der Waals surface area (Å²) in [6.07, 6.45) is 5.51. The minimum atomic E-state index is -3.00. The van der Waals surface area contributed by atoms with Crippen molar-refractivity contribution >= 4 is 35.1 Å². The van der Waals surface area contributed by atoms with Crippen LogP contribution in [0.3, 0.4) is 0 Å². The molecular formula is C26H23ClF3N9O2. The third kappa shape index (κ3) is 5.82. The van der Waals surface area contributed by atoms with E-state index in [1.807, 2.05) is 11.8 Å². The predicted molar refractivity (Wildman–Crippen MR) is 143 cm³/mol. The number of piperazine rings is 1. The highest BCUT2D eigenvalue weighted by Gasteiger charge is 2.24. The molecule has 0 spiro atoms. The van der Waals surface area contributed by atoms with E-state index in [2.05, 4.69) is 30.4 Å². The molecule has 5 rings (SSSR count). The van der Waals surface area contributed by atoms with Crippen molar-refractivity contribution in [1.82, 2.24) is 34.6 Å². The Labute approximate surface area is 237 Å². The molecule has 1 saturated heterocycles. The second kappa shape index (κ2) is 11.5. The molecule has 3 aromatic heterocycles. The van der Waals surface area contributed by atoms with Gasteiger partial charge in [0.05, 0.1) is 47.6 Å². The normalized spacial score (nSPS) is 14.5. The molecule has 1 unspecified atom stereocenters. The molecule has 0 radical (unpaired) electrons. The maximum absolute atomic E-state index is 14.7. The third-order valence-electron chi connectivity index (χ3n) is 6.62. The molecule has 4 heterocycles. The van der Waals surface area contributed by atoms with E-state index in [4.69, 9.17) is 11.6 Å². The van der Waals surface area contributed by atoms with E-state index in [9.17, 15) is 22.8 Å². The summed E-state index contributed by atoms with van der Waals surface area (Å²) in [5, 5.41) is 6.55. The molecular weight excluding hydrogens is 563 g/mol. The number of nitrogens with zero attached hydrogens (tertiary/aromatic N) is 8. The minimum absolute atomic E-state index is 0.00402. The zero-order valence-electron chi connectivity index (χ0n) is 21.8. The summed E-state index contributed by atoms with van der Waals surface area (Å²) in [5.41, 5.74) is -0.570. The zero-order chi connectivity index (χ0) is 29.3. The van der Waals surface area contributed by atoms with Gasteiger partial charge in [-0.15, -0.1) is 0 Å². The summed E-state index contributed by atoms with van der Waals surface area (Å²) >= 11 is 5.80. The van der Waals surface area contributed by atoms with Crippen LogP contribution in [-0.4, -0.2) is 73.1 Å².